The van der Waals surface area contributed by atoms with Gasteiger partial charge in [-0.1, -0.05) is 6.92 Å². The number of hydrogen-bond acceptors (Lipinski definition) is 4. The van der Waals surface area contributed by atoms with Gasteiger partial charge in [-0.15, -0.1) is 0 Å². The lowest BCUT2D eigenvalue weighted by Gasteiger charge is -2.34. The second kappa shape index (κ2) is 6.50. The van der Waals surface area contributed by atoms with Crippen molar-refractivity contribution in [3.05, 3.63) is 0 Å². The van der Waals surface area contributed by atoms with Crippen molar-refractivity contribution in [2.45, 2.75) is 25.8 Å². The first kappa shape index (κ1) is 13.8. The van der Waals surface area contributed by atoms with E-state index in [1.165, 1.54) is 0 Å². The van der Waals surface area contributed by atoms with Crippen LogP contribution in [0.25, 0.3) is 0 Å². The van der Waals surface area contributed by atoms with E-state index in [1.54, 1.807) is 0 Å². The Kier molecular flexibility index (Phi) is 4.97. The summed E-state index contributed by atoms with van der Waals surface area (Å²) >= 11 is 0. The van der Waals surface area contributed by atoms with Crippen LogP contribution in [-0.2, 0) is 9.53 Å². The fraction of sp³-hybridized carbons (Fsp3) is 0.923. The van der Waals surface area contributed by atoms with Gasteiger partial charge < -0.3 is 20.1 Å². The van der Waals surface area contributed by atoms with Gasteiger partial charge in [0.1, 0.15) is 0 Å². The highest BCUT2D eigenvalue weighted by atomic mass is 16.5. The van der Waals surface area contributed by atoms with Crippen molar-refractivity contribution in [1.29, 1.82) is 0 Å². The molecule has 0 aliphatic carbocycles. The third kappa shape index (κ3) is 3.02. The van der Waals surface area contributed by atoms with E-state index >= 15 is 0 Å². The van der Waals surface area contributed by atoms with Gasteiger partial charge >= 0.3 is 0 Å². The molecule has 3 unspecified atom stereocenters. The minimum atomic E-state index is -0.0533. The van der Waals surface area contributed by atoms with Crippen molar-refractivity contribution >= 4 is 5.91 Å². The van der Waals surface area contributed by atoms with E-state index in [1.807, 2.05) is 11.8 Å². The number of likely N-dealkylation sites (N-methyl/N-ethyl adjacent to an activating group) is 1. The topological polar surface area (TPSA) is 61.8 Å². The number of aliphatic hydroxyl groups is 1. The first-order chi connectivity index (χ1) is 8.76. The predicted octanol–water partition coefficient (Wildman–Crippen LogP) is -0.158. The first-order valence-corrected chi connectivity index (χ1v) is 6.97. The Labute approximate surface area is 108 Å². The lowest BCUT2D eigenvalue weighted by molar-refractivity contribution is -0.138. The number of aliphatic hydroxyl groups excluding tert-OH is 1. The molecule has 2 saturated heterocycles. The molecule has 0 aromatic rings. The van der Waals surface area contributed by atoms with E-state index in [2.05, 4.69) is 5.32 Å². The number of carbonyl (C=O) groups excluding carboxylic acids is 1. The Bertz CT molecular complexity index is 285. The zero-order chi connectivity index (χ0) is 13.0. The molecule has 5 nitrogen and oxygen atoms in total. The number of rotatable bonds is 4. The zero-order valence-corrected chi connectivity index (χ0v) is 11.1. The summed E-state index contributed by atoms with van der Waals surface area (Å²) in [5.41, 5.74) is 0. The quantitative estimate of drug-likeness (QED) is 0.734. The van der Waals surface area contributed by atoms with E-state index in [-0.39, 0.29) is 30.4 Å². The van der Waals surface area contributed by atoms with Crippen molar-refractivity contribution in [1.82, 2.24) is 10.2 Å². The molecule has 2 fully saturated rings. The number of hydrogen-bond donors (Lipinski definition) is 2. The SMILES string of the molecule is CCNC1COCC1C(=O)N1CCCC(CO)C1. The van der Waals surface area contributed by atoms with Gasteiger partial charge in [-0.25, -0.2) is 0 Å². The lowest BCUT2D eigenvalue weighted by Crippen LogP contribution is -2.49. The van der Waals surface area contributed by atoms with Gasteiger partial charge in [0.2, 0.25) is 5.91 Å². The Hall–Kier alpha value is -0.650. The molecular formula is C13H24N2O3. The number of nitrogens with one attached hydrogen (secondary N) is 1. The summed E-state index contributed by atoms with van der Waals surface area (Å²) in [5, 5.41) is 12.5. The van der Waals surface area contributed by atoms with Gasteiger partial charge in [-0.2, -0.15) is 0 Å². The standard InChI is InChI=1S/C13H24N2O3/c1-2-14-12-9-18-8-11(12)13(17)15-5-3-4-10(6-15)7-16/h10-12,14,16H,2-9H2,1H3. The number of piperidine rings is 1. The summed E-state index contributed by atoms with van der Waals surface area (Å²) in [4.78, 5) is 14.4. The second-order valence-corrected chi connectivity index (χ2v) is 5.28. The molecule has 0 radical (unpaired) electrons. The van der Waals surface area contributed by atoms with Crippen molar-refractivity contribution in [2.75, 3.05) is 39.5 Å². The molecule has 3 atom stereocenters. The first-order valence-electron chi connectivity index (χ1n) is 6.97. The summed E-state index contributed by atoms with van der Waals surface area (Å²) in [6.07, 6.45) is 2.02. The molecule has 2 aliphatic rings. The third-order valence-electron chi connectivity index (χ3n) is 3.95. The van der Waals surface area contributed by atoms with Crippen molar-refractivity contribution < 1.29 is 14.6 Å². The van der Waals surface area contributed by atoms with Crippen molar-refractivity contribution in [3.8, 4) is 0 Å². The summed E-state index contributed by atoms with van der Waals surface area (Å²) in [6.45, 7) is 5.76. The van der Waals surface area contributed by atoms with Gasteiger partial charge in [0.05, 0.1) is 19.1 Å². The van der Waals surface area contributed by atoms with E-state index in [0.717, 1.165) is 25.9 Å². The van der Waals surface area contributed by atoms with Crippen LogP contribution in [0, 0.1) is 11.8 Å². The molecule has 2 heterocycles. The maximum absolute atomic E-state index is 12.5. The maximum atomic E-state index is 12.5. The summed E-state index contributed by atoms with van der Waals surface area (Å²) in [5.74, 6) is 0.390. The third-order valence-corrected chi connectivity index (χ3v) is 3.95. The Balaban J connectivity index is 1.93. The molecule has 1 amide bonds. The molecule has 2 aliphatic heterocycles. The normalized spacial score (nSPS) is 32.8. The maximum Gasteiger partial charge on any atom is 0.229 e. The van der Waals surface area contributed by atoms with Crippen LogP contribution >= 0.6 is 0 Å². The Morgan fingerprint density at radius 3 is 3.06 bits per heavy atom. The Morgan fingerprint density at radius 1 is 1.50 bits per heavy atom. The highest BCUT2D eigenvalue weighted by Crippen LogP contribution is 2.22. The molecule has 104 valence electrons. The van der Waals surface area contributed by atoms with Crippen LogP contribution in [0.1, 0.15) is 19.8 Å². The summed E-state index contributed by atoms with van der Waals surface area (Å²) in [7, 11) is 0. The number of amides is 1. The highest BCUT2D eigenvalue weighted by Gasteiger charge is 2.37. The number of nitrogens with zero attached hydrogens (tertiary/aromatic N) is 1. The number of ether oxygens (including phenoxy) is 1. The molecule has 2 N–H and O–H groups in total. The van der Waals surface area contributed by atoms with E-state index in [0.29, 0.717) is 19.8 Å². The Morgan fingerprint density at radius 2 is 2.33 bits per heavy atom. The molecule has 0 aromatic carbocycles. The van der Waals surface area contributed by atoms with Crippen LogP contribution in [0.5, 0.6) is 0 Å². The summed E-state index contributed by atoms with van der Waals surface area (Å²) < 4.78 is 5.43. The highest BCUT2D eigenvalue weighted by molar-refractivity contribution is 5.80. The predicted molar refractivity (Wildman–Crippen MR) is 68.2 cm³/mol. The fourth-order valence-corrected chi connectivity index (χ4v) is 2.91. The van der Waals surface area contributed by atoms with Gasteiger partial charge in [-0.3, -0.25) is 4.79 Å². The van der Waals surface area contributed by atoms with Crippen LogP contribution in [0.2, 0.25) is 0 Å². The van der Waals surface area contributed by atoms with Crippen LogP contribution < -0.4 is 5.32 Å². The number of carbonyl (C=O) groups is 1. The van der Waals surface area contributed by atoms with Crippen molar-refractivity contribution in [3.63, 3.8) is 0 Å². The van der Waals surface area contributed by atoms with Gasteiger partial charge in [0.15, 0.2) is 0 Å². The molecule has 2 rings (SSSR count). The van der Waals surface area contributed by atoms with Crippen LogP contribution in [0.4, 0.5) is 0 Å². The van der Waals surface area contributed by atoms with Crippen LogP contribution in [-0.4, -0.2) is 61.4 Å². The minimum Gasteiger partial charge on any atom is -0.396 e. The summed E-state index contributed by atoms with van der Waals surface area (Å²) in [6, 6.07) is 0.150. The largest absolute Gasteiger partial charge is 0.396 e. The molecule has 5 heteroatoms. The molecule has 0 spiro atoms. The van der Waals surface area contributed by atoms with E-state index < -0.39 is 0 Å². The zero-order valence-electron chi connectivity index (χ0n) is 11.1. The minimum absolute atomic E-state index is 0.0533. The van der Waals surface area contributed by atoms with E-state index in [9.17, 15) is 9.90 Å². The van der Waals surface area contributed by atoms with Gasteiger partial charge in [0, 0.05) is 25.7 Å². The lowest BCUT2D eigenvalue weighted by atomic mass is 9.95. The van der Waals surface area contributed by atoms with Crippen LogP contribution in [0.15, 0.2) is 0 Å². The molecule has 0 saturated carbocycles. The van der Waals surface area contributed by atoms with Gasteiger partial charge in [0.25, 0.3) is 0 Å². The van der Waals surface area contributed by atoms with Crippen molar-refractivity contribution in [2.24, 2.45) is 11.8 Å². The van der Waals surface area contributed by atoms with Gasteiger partial charge in [-0.05, 0) is 25.3 Å². The monoisotopic (exact) mass is 256 g/mol. The fourth-order valence-electron chi connectivity index (χ4n) is 2.91. The molecule has 18 heavy (non-hydrogen) atoms. The smallest absolute Gasteiger partial charge is 0.229 e. The molecule has 0 bridgehead atoms. The average Bonchev–Trinajstić information content (AvgIpc) is 2.86. The van der Waals surface area contributed by atoms with E-state index in [4.69, 9.17) is 4.74 Å². The molecule has 0 aromatic heterocycles. The molecular weight excluding hydrogens is 232 g/mol. The number of likely N-dealkylation sites (tertiary alicyclic amines) is 1. The average molecular weight is 256 g/mol. The van der Waals surface area contributed by atoms with Crippen LogP contribution in [0.3, 0.4) is 0 Å². The second-order valence-electron chi connectivity index (χ2n) is 5.28.